The summed E-state index contributed by atoms with van der Waals surface area (Å²) in [6.07, 6.45) is 1.78. The van der Waals surface area contributed by atoms with Crippen LogP contribution in [0.15, 0.2) is 63.8 Å². The monoisotopic (exact) mass is 398 g/mol. The van der Waals surface area contributed by atoms with Gasteiger partial charge >= 0.3 is 0 Å². The van der Waals surface area contributed by atoms with Gasteiger partial charge < -0.3 is 14.3 Å². The van der Waals surface area contributed by atoms with Crippen molar-refractivity contribution in [1.29, 1.82) is 0 Å². The highest BCUT2D eigenvalue weighted by Gasteiger charge is 2.19. The third-order valence-electron chi connectivity index (χ3n) is 3.93. The molecular formula is C18H15BrN4O2. The maximum Gasteiger partial charge on any atom is 0.273 e. The molecule has 1 N–H and O–H groups in total. The summed E-state index contributed by atoms with van der Waals surface area (Å²) in [7, 11) is 1.80. The maximum absolute atomic E-state index is 12.8. The highest BCUT2D eigenvalue weighted by Crippen LogP contribution is 2.28. The quantitative estimate of drug-likeness (QED) is 0.564. The molecule has 0 unspecified atom stereocenters. The Morgan fingerprint density at radius 2 is 2.04 bits per heavy atom. The van der Waals surface area contributed by atoms with E-state index in [2.05, 4.69) is 26.3 Å². The Morgan fingerprint density at radius 3 is 2.76 bits per heavy atom. The minimum atomic E-state index is -0.225. The second-order valence-electron chi connectivity index (χ2n) is 5.73. The molecule has 0 aliphatic rings. The van der Waals surface area contributed by atoms with Gasteiger partial charge in [-0.15, -0.1) is 0 Å². The smallest absolute Gasteiger partial charge is 0.273 e. The molecular weight excluding hydrogens is 384 g/mol. The summed E-state index contributed by atoms with van der Waals surface area (Å²) in [4.78, 5) is 12.8. The van der Waals surface area contributed by atoms with Gasteiger partial charge in [0, 0.05) is 38.0 Å². The molecule has 0 saturated heterocycles. The van der Waals surface area contributed by atoms with E-state index in [1.165, 1.54) is 0 Å². The van der Waals surface area contributed by atoms with Gasteiger partial charge in [0.1, 0.15) is 5.69 Å². The molecule has 0 bridgehead atoms. The Morgan fingerprint density at radius 1 is 1.24 bits per heavy atom. The van der Waals surface area contributed by atoms with Crippen LogP contribution in [0.4, 0.5) is 5.82 Å². The number of nitrogens with one attached hydrogen (secondary N) is 1. The van der Waals surface area contributed by atoms with Crippen LogP contribution in [0.3, 0.4) is 0 Å². The zero-order valence-corrected chi connectivity index (χ0v) is 15.0. The fraction of sp³-hybridized carbons (Fsp3) is 0.111. The van der Waals surface area contributed by atoms with Crippen molar-refractivity contribution in [2.75, 3.05) is 5.32 Å². The van der Waals surface area contributed by atoms with Gasteiger partial charge in [-0.3, -0.25) is 9.48 Å². The van der Waals surface area contributed by atoms with E-state index in [-0.39, 0.29) is 5.91 Å². The van der Waals surface area contributed by atoms with Gasteiger partial charge in [0.2, 0.25) is 0 Å². The summed E-state index contributed by atoms with van der Waals surface area (Å²) in [6.45, 7) is 0.571. The number of halogens is 1. The number of furan rings is 1. The molecule has 0 saturated carbocycles. The van der Waals surface area contributed by atoms with E-state index in [1.54, 1.807) is 30.1 Å². The molecule has 6 nitrogen and oxygen atoms in total. The number of carbonyl (C=O) groups excluding carboxylic acids is 1. The molecule has 4 rings (SSSR count). The van der Waals surface area contributed by atoms with Crippen molar-refractivity contribution in [3.8, 4) is 0 Å². The van der Waals surface area contributed by atoms with E-state index in [4.69, 9.17) is 4.42 Å². The molecule has 7 heteroatoms. The number of aryl methyl sites for hydroxylation is 1. The lowest BCUT2D eigenvalue weighted by Crippen LogP contribution is -2.18. The van der Waals surface area contributed by atoms with Crippen molar-refractivity contribution < 1.29 is 9.21 Å². The highest BCUT2D eigenvalue weighted by atomic mass is 79.9. The molecule has 0 spiro atoms. The number of fused-ring (bicyclic) bond motifs is 1. The lowest BCUT2D eigenvalue weighted by molar-refractivity contribution is 0.101. The average Bonchev–Trinajstić information content (AvgIpc) is 3.24. The molecule has 0 radical (unpaired) electrons. The van der Waals surface area contributed by atoms with E-state index in [0.29, 0.717) is 28.3 Å². The summed E-state index contributed by atoms with van der Waals surface area (Å²) < 4.78 is 9.84. The SMILES string of the molecule is Cn1ccc(NC(=O)c2cc3oc(Br)cc3n2Cc2ccccc2)n1. The summed E-state index contributed by atoms with van der Waals surface area (Å²) in [5, 5.41) is 7.02. The first-order valence-corrected chi connectivity index (χ1v) is 8.53. The van der Waals surface area contributed by atoms with Gasteiger partial charge in [-0.25, -0.2) is 0 Å². The first kappa shape index (κ1) is 15.7. The van der Waals surface area contributed by atoms with Gasteiger partial charge in [-0.2, -0.15) is 5.10 Å². The molecule has 3 aromatic heterocycles. The van der Waals surface area contributed by atoms with Crippen molar-refractivity contribution in [1.82, 2.24) is 14.3 Å². The largest absolute Gasteiger partial charge is 0.448 e. The second kappa shape index (κ2) is 6.25. The van der Waals surface area contributed by atoms with Crippen LogP contribution in [0.25, 0.3) is 11.1 Å². The number of benzene rings is 1. The van der Waals surface area contributed by atoms with Crippen LogP contribution in [0, 0.1) is 0 Å². The van der Waals surface area contributed by atoms with Crippen LogP contribution in [-0.2, 0) is 13.6 Å². The Balaban J connectivity index is 1.73. The van der Waals surface area contributed by atoms with E-state index in [1.807, 2.05) is 41.0 Å². The molecule has 126 valence electrons. The zero-order chi connectivity index (χ0) is 17.4. The van der Waals surface area contributed by atoms with E-state index < -0.39 is 0 Å². The predicted octanol–water partition coefficient (Wildman–Crippen LogP) is 4.03. The Bertz CT molecular complexity index is 1050. The van der Waals surface area contributed by atoms with Gasteiger partial charge in [0.05, 0.1) is 5.52 Å². The van der Waals surface area contributed by atoms with Crippen LogP contribution < -0.4 is 5.32 Å². The number of anilines is 1. The predicted molar refractivity (Wildman–Crippen MR) is 98.6 cm³/mol. The molecule has 0 fully saturated rings. The lowest BCUT2D eigenvalue weighted by Gasteiger charge is -2.10. The number of rotatable bonds is 4. The van der Waals surface area contributed by atoms with Gasteiger partial charge in [0.25, 0.3) is 5.91 Å². The Kier molecular flexibility index (Phi) is 3.93. The van der Waals surface area contributed by atoms with E-state index >= 15 is 0 Å². The third-order valence-corrected chi connectivity index (χ3v) is 4.32. The van der Waals surface area contributed by atoms with Crippen LogP contribution in [0.2, 0.25) is 0 Å². The molecule has 0 aliphatic heterocycles. The molecule has 3 heterocycles. The molecule has 4 aromatic rings. The highest BCUT2D eigenvalue weighted by molar-refractivity contribution is 9.10. The topological polar surface area (TPSA) is 65.0 Å². The van der Waals surface area contributed by atoms with Crippen LogP contribution in [-0.4, -0.2) is 20.3 Å². The standard InChI is InChI=1S/C18H15BrN4O2/c1-22-8-7-17(21-22)20-18(24)14-9-15-13(10-16(19)25-15)23(14)11-12-5-3-2-4-6-12/h2-10H,11H2,1H3,(H,20,21,24). The van der Waals surface area contributed by atoms with Crippen molar-refractivity contribution in [3.63, 3.8) is 0 Å². The fourth-order valence-electron chi connectivity index (χ4n) is 2.80. The van der Waals surface area contributed by atoms with Gasteiger partial charge in [0.15, 0.2) is 16.1 Å². The second-order valence-corrected chi connectivity index (χ2v) is 6.51. The van der Waals surface area contributed by atoms with Crippen molar-refractivity contribution in [2.24, 2.45) is 7.05 Å². The first-order chi connectivity index (χ1) is 12.1. The number of amides is 1. The molecule has 0 atom stereocenters. The first-order valence-electron chi connectivity index (χ1n) is 7.73. The van der Waals surface area contributed by atoms with Gasteiger partial charge in [-0.1, -0.05) is 30.3 Å². The Labute approximate surface area is 152 Å². The summed E-state index contributed by atoms with van der Waals surface area (Å²) in [5.74, 6) is 0.287. The number of nitrogens with zero attached hydrogens (tertiary/aromatic N) is 3. The van der Waals surface area contributed by atoms with E-state index in [9.17, 15) is 4.79 Å². The summed E-state index contributed by atoms with van der Waals surface area (Å²) in [5.41, 5.74) is 3.15. The van der Waals surface area contributed by atoms with Crippen molar-refractivity contribution in [3.05, 3.63) is 70.7 Å². The molecule has 0 aliphatic carbocycles. The number of hydrogen-bond acceptors (Lipinski definition) is 3. The minimum absolute atomic E-state index is 0.225. The number of carbonyl (C=O) groups is 1. The van der Waals surface area contributed by atoms with Crippen LogP contribution in [0.1, 0.15) is 16.1 Å². The summed E-state index contributed by atoms with van der Waals surface area (Å²) >= 11 is 3.35. The zero-order valence-electron chi connectivity index (χ0n) is 13.4. The van der Waals surface area contributed by atoms with E-state index in [0.717, 1.165) is 11.1 Å². The summed E-state index contributed by atoms with van der Waals surface area (Å²) in [6, 6.07) is 15.4. The normalized spacial score (nSPS) is 11.1. The van der Waals surface area contributed by atoms with Crippen molar-refractivity contribution >= 4 is 38.8 Å². The van der Waals surface area contributed by atoms with Crippen LogP contribution in [0.5, 0.6) is 0 Å². The molecule has 1 amide bonds. The van der Waals surface area contributed by atoms with Gasteiger partial charge in [-0.05, 0) is 21.5 Å². The third kappa shape index (κ3) is 3.10. The molecule has 1 aromatic carbocycles. The molecule has 25 heavy (non-hydrogen) atoms. The average molecular weight is 399 g/mol. The fourth-order valence-corrected chi connectivity index (χ4v) is 3.19. The van der Waals surface area contributed by atoms with Crippen LogP contribution >= 0.6 is 15.9 Å². The van der Waals surface area contributed by atoms with Crippen molar-refractivity contribution in [2.45, 2.75) is 6.54 Å². The Hall–Kier alpha value is -2.80. The number of hydrogen-bond donors (Lipinski definition) is 1. The maximum atomic E-state index is 12.8. The number of aromatic nitrogens is 3. The lowest BCUT2D eigenvalue weighted by atomic mass is 10.2. The minimum Gasteiger partial charge on any atom is -0.448 e.